The fourth-order valence-electron chi connectivity index (χ4n) is 3.71. The summed E-state index contributed by atoms with van der Waals surface area (Å²) in [6.45, 7) is 1.36. The molecule has 1 N–H and O–H groups in total. The van der Waals surface area contributed by atoms with E-state index in [4.69, 9.17) is 0 Å². The highest BCUT2D eigenvalue weighted by Crippen LogP contribution is 2.30. The number of imidazole rings is 1. The van der Waals surface area contributed by atoms with Gasteiger partial charge in [-0.2, -0.15) is 5.10 Å². The Morgan fingerprint density at radius 3 is 2.58 bits per heavy atom. The molecular weight excluding hydrogens is 426 g/mol. The van der Waals surface area contributed by atoms with E-state index >= 15 is 0 Å². The van der Waals surface area contributed by atoms with Crippen molar-refractivity contribution in [3.63, 3.8) is 0 Å². The van der Waals surface area contributed by atoms with Gasteiger partial charge in [0.2, 0.25) is 5.91 Å². The van der Waals surface area contributed by atoms with Crippen LogP contribution in [0.1, 0.15) is 6.92 Å². The molecule has 0 unspecified atom stereocenters. The summed E-state index contributed by atoms with van der Waals surface area (Å²) < 4.78 is 31.4. The molecule has 164 valence electrons. The number of pyridine rings is 1. The topological polar surface area (TPSA) is 77.6 Å². The minimum absolute atomic E-state index is 0.190. The van der Waals surface area contributed by atoms with Crippen LogP contribution in [0, 0.1) is 11.6 Å². The molecule has 33 heavy (non-hydrogen) atoms. The molecule has 1 amide bonds. The Hall–Kier alpha value is -4.40. The SMILES string of the molecule is CC(=O)Nc1cc(-c2ccc(F)cc2F)cc(-n2cnc3cc(-c4cnn(C)c4)ccc32)n1. The highest BCUT2D eigenvalue weighted by molar-refractivity contribution is 5.89. The third-order valence-corrected chi connectivity index (χ3v) is 5.19. The van der Waals surface area contributed by atoms with E-state index in [9.17, 15) is 13.6 Å². The first-order chi connectivity index (χ1) is 15.9. The Morgan fingerprint density at radius 2 is 1.85 bits per heavy atom. The van der Waals surface area contributed by atoms with E-state index in [1.807, 2.05) is 31.4 Å². The van der Waals surface area contributed by atoms with Crippen molar-refractivity contribution in [2.75, 3.05) is 5.32 Å². The standard InChI is InChI=1S/C24H18F2N6O/c1-14(33)29-23-8-16(19-5-4-18(25)10-20(19)26)9-24(30-23)32-13-27-21-7-15(3-6-22(21)32)17-11-28-31(2)12-17/h3-13H,1-2H3,(H,29,30,33). The first-order valence-electron chi connectivity index (χ1n) is 10.1. The van der Waals surface area contributed by atoms with Crippen molar-refractivity contribution in [1.29, 1.82) is 0 Å². The van der Waals surface area contributed by atoms with Crippen LogP contribution in [0.3, 0.4) is 0 Å². The maximum absolute atomic E-state index is 14.5. The summed E-state index contributed by atoms with van der Waals surface area (Å²) in [6, 6.07) is 12.4. The van der Waals surface area contributed by atoms with Gasteiger partial charge in [0.05, 0.1) is 17.2 Å². The average Bonchev–Trinajstić information content (AvgIpc) is 3.38. The van der Waals surface area contributed by atoms with Gasteiger partial charge in [0.25, 0.3) is 0 Å². The molecule has 0 bridgehead atoms. The molecule has 2 aromatic carbocycles. The Morgan fingerprint density at radius 1 is 1.00 bits per heavy atom. The summed E-state index contributed by atoms with van der Waals surface area (Å²) in [7, 11) is 1.85. The predicted molar refractivity (Wildman–Crippen MR) is 121 cm³/mol. The fraction of sp³-hybridized carbons (Fsp3) is 0.0833. The minimum atomic E-state index is -0.711. The van der Waals surface area contributed by atoms with E-state index in [0.717, 1.165) is 28.2 Å². The second-order valence-electron chi connectivity index (χ2n) is 7.63. The molecule has 5 aromatic rings. The highest BCUT2D eigenvalue weighted by atomic mass is 19.1. The van der Waals surface area contributed by atoms with Crippen molar-refractivity contribution < 1.29 is 13.6 Å². The molecule has 7 nitrogen and oxygen atoms in total. The molecule has 0 aliphatic heterocycles. The lowest BCUT2D eigenvalue weighted by atomic mass is 10.1. The van der Waals surface area contributed by atoms with E-state index in [-0.39, 0.29) is 17.3 Å². The van der Waals surface area contributed by atoms with Crippen molar-refractivity contribution >= 4 is 22.8 Å². The van der Waals surface area contributed by atoms with E-state index < -0.39 is 11.6 Å². The Kier molecular flexibility index (Phi) is 4.93. The quantitative estimate of drug-likeness (QED) is 0.435. The number of carbonyl (C=O) groups is 1. The van der Waals surface area contributed by atoms with Crippen molar-refractivity contribution in [3.05, 3.63) is 78.9 Å². The van der Waals surface area contributed by atoms with E-state index in [2.05, 4.69) is 20.4 Å². The number of anilines is 1. The zero-order valence-electron chi connectivity index (χ0n) is 17.8. The normalized spacial score (nSPS) is 11.2. The van der Waals surface area contributed by atoms with Gasteiger partial charge in [-0.25, -0.2) is 18.7 Å². The molecular formula is C24H18F2N6O. The Bertz CT molecular complexity index is 1520. The van der Waals surface area contributed by atoms with Crippen LogP contribution >= 0.6 is 0 Å². The molecule has 0 atom stereocenters. The van der Waals surface area contributed by atoms with Crippen molar-refractivity contribution in [2.24, 2.45) is 7.05 Å². The molecule has 5 rings (SSSR count). The monoisotopic (exact) mass is 444 g/mol. The number of amides is 1. The van der Waals surface area contributed by atoms with Crippen molar-refractivity contribution in [1.82, 2.24) is 24.3 Å². The second-order valence-corrected chi connectivity index (χ2v) is 7.63. The van der Waals surface area contributed by atoms with Crippen molar-refractivity contribution in [3.8, 4) is 28.1 Å². The average molecular weight is 444 g/mol. The van der Waals surface area contributed by atoms with Crippen LogP contribution in [-0.2, 0) is 11.8 Å². The largest absolute Gasteiger partial charge is 0.311 e. The van der Waals surface area contributed by atoms with Crippen molar-refractivity contribution in [2.45, 2.75) is 6.92 Å². The molecule has 0 aliphatic carbocycles. The maximum Gasteiger partial charge on any atom is 0.222 e. The summed E-state index contributed by atoms with van der Waals surface area (Å²) in [6.07, 6.45) is 5.31. The van der Waals surface area contributed by atoms with Crippen LogP contribution in [0.15, 0.2) is 67.3 Å². The fourth-order valence-corrected chi connectivity index (χ4v) is 3.71. The number of fused-ring (bicyclic) bond motifs is 1. The van der Waals surface area contributed by atoms with Gasteiger partial charge in [-0.05, 0) is 47.5 Å². The maximum atomic E-state index is 14.5. The van der Waals surface area contributed by atoms with Gasteiger partial charge >= 0.3 is 0 Å². The molecule has 0 saturated heterocycles. The number of aryl methyl sites for hydroxylation is 1. The molecule has 0 spiro atoms. The number of carbonyl (C=O) groups excluding carboxylic acids is 1. The number of hydrogen-bond donors (Lipinski definition) is 1. The Labute approximate surface area is 187 Å². The van der Waals surface area contributed by atoms with Gasteiger partial charge in [-0.3, -0.25) is 14.0 Å². The first-order valence-corrected chi connectivity index (χ1v) is 10.1. The molecule has 3 heterocycles. The smallest absolute Gasteiger partial charge is 0.222 e. The number of aromatic nitrogens is 5. The molecule has 3 aromatic heterocycles. The number of nitrogens with zero attached hydrogens (tertiary/aromatic N) is 5. The van der Waals surface area contributed by atoms with Gasteiger partial charge in [0.15, 0.2) is 0 Å². The Balaban J connectivity index is 1.64. The van der Waals surface area contributed by atoms with Gasteiger partial charge < -0.3 is 5.32 Å². The van der Waals surface area contributed by atoms with Gasteiger partial charge in [-0.1, -0.05) is 6.07 Å². The third-order valence-electron chi connectivity index (χ3n) is 5.19. The molecule has 0 fully saturated rings. The van der Waals surface area contributed by atoms with E-state index in [0.29, 0.717) is 11.4 Å². The number of benzene rings is 2. The van der Waals surface area contributed by atoms with E-state index in [1.54, 1.807) is 33.9 Å². The van der Waals surface area contributed by atoms with Gasteiger partial charge in [-0.15, -0.1) is 0 Å². The lowest BCUT2D eigenvalue weighted by Gasteiger charge is -2.11. The summed E-state index contributed by atoms with van der Waals surface area (Å²) in [4.78, 5) is 20.7. The summed E-state index contributed by atoms with van der Waals surface area (Å²) in [5, 5.41) is 6.84. The molecule has 9 heteroatoms. The van der Waals surface area contributed by atoms with Gasteiger partial charge in [0.1, 0.15) is 29.6 Å². The minimum Gasteiger partial charge on any atom is -0.311 e. The molecule has 0 radical (unpaired) electrons. The van der Waals surface area contributed by atoms with Gasteiger partial charge in [0, 0.05) is 37.4 Å². The lowest BCUT2D eigenvalue weighted by Crippen LogP contribution is -2.09. The van der Waals surface area contributed by atoms with Crippen LogP contribution < -0.4 is 5.32 Å². The van der Waals surface area contributed by atoms with Crippen LogP contribution in [0.2, 0.25) is 0 Å². The summed E-state index contributed by atoms with van der Waals surface area (Å²) in [5.41, 5.74) is 4.08. The third kappa shape index (κ3) is 3.96. The molecule has 0 saturated carbocycles. The van der Waals surface area contributed by atoms with Crippen LogP contribution in [0.4, 0.5) is 14.6 Å². The van der Waals surface area contributed by atoms with Crippen LogP contribution in [0.25, 0.3) is 39.1 Å². The lowest BCUT2D eigenvalue weighted by molar-refractivity contribution is -0.114. The summed E-state index contributed by atoms with van der Waals surface area (Å²) >= 11 is 0. The number of rotatable bonds is 4. The molecule has 0 aliphatic rings. The number of nitrogens with one attached hydrogen (secondary N) is 1. The van der Waals surface area contributed by atoms with E-state index in [1.165, 1.54) is 19.1 Å². The number of halogens is 2. The number of hydrogen-bond acceptors (Lipinski definition) is 4. The van der Waals surface area contributed by atoms with Crippen LogP contribution in [-0.4, -0.2) is 30.2 Å². The zero-order valence-corrected chi connectivity index (χ0v) is 17.8. The highest BCUT2D eigenvalue weighted by Gasteiger charge is 2.14. The predicted octanol–water partition coefficient (Wildman–Crippen LogP) is 4.72. The first kappa shape index (κ1) is 20.5. The second kappa shape index (κ2) is 7.94. The summed E-state index contributed by atoms with van der Waals surface area (Å²) in [5.74, 6) is -1.03. The van der Waals surface area contributed by atoms with Crippen LogP contribution in [0.5, 0.6) is 0 Å². The zero-order chi connectivity index (χ0) is 23.1.